The van der Waals surface area contributed by atoms with Crippen LogP contribution in [0.25, 0.3) is 0 Å². The standard InChI is InChI=1S/C24H40N4O3/c1-4-20(5-2)23(27-11-13-31-14-12-27)17-26-24(29)25-16-19-9-10-28(18-19)21-7-6-8-22(15-21)30-3/h6-8,15,19-20,23H,4-5,9-14,16-18H2,1-3H3,(H2,25,26,29). The predicted octanol–water partition coefficient (Wildman–Crippen LogP) is 2.96. The van der Waals surface area contributed by atoms with Crippen LogP contribution in [0.15, 0.2) is 24.3 Å². The van der Waals surface area contributed by atoms with E-state index in [0.29, 0.717) is 31.0 Å². The number of carbonyl (C=O) groups excluding carboxylic acids is 1. The number of methoxy groups -OCH3 is 1. The molecule has 0 saturated carbocycles. The molecular weight excluding hydrogens is 392 g/mol. The van der Waals surface area contributed by atoms with Crippen molar-refractivity contribution in [2.45, 2.75) is 39.2 Å². The van der Waals surface area contributed by atoms with E-state index < -0.39 is 0 Å². The van der Waals surface area contributed by atoms with Crippen LogP contribution in [-0.4, -0.2) is 76.6 Å². The second-order valence-electron chi connectivity index (χ2n) is 8.69. The lowest BCUT2D eigenvalue weighted by Crippen LogP contribution is -2.53. The topological polar surface area (TPSA) is 66.1 Å². The highest BCUT2D eigenvalue weighted by atomic mass is 16.5. The fourth-order valence-electron chi connectivity index (χ4n) is 4.87. The van der Waals surface area contributed by atoms with Gasteiger partial charge >= 0.3 is 6.03 Å². The zero-order valence-corrected chi connectivity index (χ0v) is 19.4. The number of morpholine rings is 1. The van der Waals surface area contributed by atoms with E-state index in [1.165, 1.54) is 5.69 Å². The fourth-order valence-corrected chi connectivity index (χ4v) is 4.87. The molecule has 0 spiro atoms. The van der Waals surface area contributed by atoms with Gasteiger partial charge in [0.05, 0.1) is 20.3 Å². The highest BCUT2D eigenvalue weighted by Crippen LogP contribution is 2.26. The molecule has 3 rings (SSSR count). The number of nitrogens with one attached hydrogen (secondary N) is 2. The minimum atomic E-state index is -0.0518. The molecule has 2 unspecified atom stereocenters. The maximum Gasteiger partial charge on any atom is 0.314 e. The van der Waals surface area contributed by atoms with Gasteiger partial charge in [-0.1, -0.05) is 32.8 Å². The first-order valence-corrected chi connectivity index (χ1v) is 11.9. The maximum absolute atomic E-state index is 12.5. The van der Waals surface area contributed by atoms with Crippen molar-refractivity contribution < 1.29 is 14.3 Å². The Labute approximate surface area is 187 Å². The van der Waals surface area contributed by atoms with Gasteiger partial charge < -0.3 is 25.0 Å². The minimum absolute atomic E-state index is 0.0518. The molecule has 0 radical (unpaired) electrons. The van der Waals surface area contributed by atoms with Gasteiger partial charge in [-0.2, -0.15) is 0 Å². The van der Waals surface area contributed by atoms with Crippen LogP contribution in [0.4, 0.5) is 10.5 Å². The third-order valence-electron chi connectivity index (χ3n) is 6.83. The Balaban J connectivity index is 1.43. The van der Waals surface area contributed by atoms with Gasteiger partial charge in [0.15, 0.2) is 0 Å². The number of hydrogen-bond donors (Lipinski definition) is 2. The summed E-state index contributed by atoms with van der Waals surface area (Å²) in [5, 5.41) is 6.26. The molecule has 7 nitrogen and oxygen atoms in total. The Morgan fingerprint density at radius 2 is 1.97 bits per heavy atom. The summed E-state index contributed by atoms with van der Waals surface area (Å²) >= 11 is 0. The quantitative estimate of drug-likeness (QED) is 0.595. The van der Waals surface area contributed by atoms with E-state index in [1.807, 2.05) is 12.1 Å². The molecule has 0 bridgehead atoms. The van der Waals surface area contributed by atoms with Gasteiger partial charge in [-0.25, -0.2) is 4.79 Å². The Kier molecular flexibility index (Phi) is 9.28. The lowest BCUT2D eigenvalue weighted by molar-refractivity contribution is 0.00237. The molecule has 0 aliphatic carbocycles. The minimum Gasteiger partial charge on any atom is -0.497 e. The van der Waals surface area contributed by atoms with E-state index in [2.05, 4.69) is 46.4 Å². The van der Waals surface area contributed by atoms with Crippen LogP contribution in [0.1, 0.15) is 33.1 Å². The first-order valence-electron chi connectivity index (χ1n) is 11.9. The fraction of sp³-hybridized carbons (Fsp3) is 0.708. The number of anilines is 1. The normalized spacial score (nSPS) is 20.6. The van der Waals surface area contributed by atoms with E-state index in [1.54, 1.807) is 7.11 Å². The van der Waals surface area contributed by atoms with Crippen LogP contribution < -0.4 is 20.3 Å². The van der Waals surface area contributed by atoms with Crippen molar-refractivity contribution >= 4 is 11.7 Å². The molecule has 7 heteroatoms. The average molecular weight is 433 g/mol. The molecule has 2 aliphatic rings. The largest absolute Gasteiger partial charge is 0.497 e. The molecule has 2 fully saturated rings. The van der Waals surface area contributed by atoms with Gasteiger partial charge in [-0.3, -0.25) is 4.90 Å². The zero-order chi connectivity index (χ0) is 22.1. The van der Waals surface area contributed by atoms with Crippen LogP contribution in [0.2, 0.25) is 0 Å². The first kappa shape index (κ1) is 23.7. The Hall–Kier alpha value is -1.99. The van der Waals surface area contributed by atoms with E-state index in [0.717, 1.165) is 64.4 Å². The molecule has 2 amide bonds. The number of amides is 2. The summed E-state index contributed by atoms with van der Waals surface area (Å²) in [7, 11) is 1.70. The Bertz CT molecular complexity index is 677. The van der Waals surface area contributed by atoms with Crippen molar-refractivity contribution in [2.24, 2.45) is 11.8 Å². The smallest absolute Gasteiger partial charge is 0.314 e. The van der Waals surface area contributed by atoms with Crippen LogP contribution in [0, 0.1) is 11.8 Å². The highest BCUT2D eigenvalue weighted by molar-refractivity contribution is 5.73. The van der Waals surface area contributed by atoms with E-state index >= 15 is 0 Å². The molecule has 2 atom stereocenters. The Morgan fingerprint density at radius 1 is 1.19 bits per heavy atom. The molecule has 1 aromatic rings. The van der Waals surface area contributed by atoms with Crippen LogP contribution in [0.3, 0.4) is 0 Å². The lowest BCUT2D eigenvalue weighted by atomic mass is 9.92. The molecule has 0 aromatic heterocycles. The SMILES string of the molecule is CCC(CC)C(CNC(=O)NCC1CCN(c2cccc(OC)c2)C1)N1CCOCC1. The molecule has 2 heterocycles. The number of ether oxygens (including phenoxy) is 2. The summed E-state index contributed by atoms with van der Waals surface area (Å²) in [6.07, 6.45) is 3.34. The first-order chi connectivity index (χ1) is 15.1. The molecule has 1 aromatic carbocycles. The van der Waals surface area contributed by atoms with Crippen molar-refractivity contribution in [1.82, 2.24) is 15.5 Å². The molecular formula is C24H40N4O3. The average Bonchev–Trinajstić information content (AvgIpc) is 3.30. The summed E-state index contributed by atoms with van der Waals surface area (Å²) in [6.45, 7) is 11.3. The summed E-state index contributed by atoms with van der Waals surface area (Å²) < 4.78 is 10.9. The number of nitrogens with zero attached hydrogens (tertiary/aromatic N) is 2. The molecule has 2 aliphatic heterocycles. The van der Waals surface area contributed by atoms with Crippen molar-refractivity contribution in [1.29, 1.82) is 0 Å². The molecule has 31 heavy (non-hydrogen) atoms. The summed E-state index contributed by atoms with van der Waals surface area (Å²) in [5.41, 5.74) is 1.19. The third-order valence-corrected chi connectivity index (χ3v) is 6.83. The van der Waals surface area contributed by atoms with E-state index in [4.69, 9.17) is 9.47 Å². The van der Waals surface area contributed by atoms with Crippen molar-refractivity contribution in [3.63, 3.8) is 0 Å². The molecule has 2 N–H and O–H groups in total. The van der Waals surface area contributed by atoms with E-state index in [9.17, 15) is 4.79 Å². The third kappa shape index (κ3) is 6.74. The molecule has 2 saturated heterocycles. The van der Waals surface area contributed by atoms with Crippen molar-refractivity contribution in [3.05, 3.63) is 24.3 Å². The number of hydrogen-bond acceptors (Lipinski definition) is 5. The number of carbonyl (C=O) groups is 1. The van der Waals surface area contributed by atoms with Gasteiger partial charge in [0, 0.05) is 57.1 Å². The second-order valence-corrected chi connectivity index (χ2v) is 8.69. The van der Waals surface area contributed by atoms with Crippen LogP contribution >= 0.6 is 0 Å². The van der Waals surface area contributed by atoms with Crippen molar-refractivity contribution in [3.8, 4) is 5.75 Å². The van der Waals surface area contributed by atoms with Gasteiger partial charge in [-0.15, -0.1) is 0 Å². The van der Waals surface area contributed by atoms with Crippen molar-refractivity contribution in [2.75, 3.05) is 64.5 Å². The number of urea groups is 1. The lowest BCUT2D eigenvalue weighted by Gasteiger charge is -2.38. The Morgan fingerprint density at radius 3 is 2.68 bits per heavy atom. The molecule has 174 valence electrons. The number of rotatable bonds is 10. The van der Waals surface area contributed by atoms with Gasteiger partial charge in [0.1, 0.15) is 5.75 Å². The van der Waals surface area contributed by atoms with Crippen LogP contribution in [0.5, 0.6) is 5.75 Å². The van der Waals surface area contributed by atoms with Gasteiger partial charge in [0.2, 0.25) is 0 Å². The monoisotopic (exact) mass is 432 g/mol. The summed E-state index contributed by atoms with van der Waals surface area (Å²) in [6, 6.07) is 8.51. The van der Waals surface area contributed by atoms with Gasteiger partial charge in [-0.05, 0) is 30.4 Å². The summed E-state index contributed by atoms with van der Waals surface area (Å²) in [4.78, 5) is 17.4. The number of benzene rings is 1. The van der Waals surface area contributed by atoms with Crippen LogP contribution in [-0.2, 0) is 4.74 Å². The second kappa shape index (κ2) is 12.2. The summed E-state index contributed by atoms with van der Waals surface area (Å²) in [5.74, 6) is 1.93. The zero-order valence-electron chi connectivity index (χ0n) is 19.4. The van der Waals surface area contributed by atoms with E-state index in [-0.39, 0.29) is 6.03 Å². The predicted molar refractivity (Wildman–Crippen MR) is 125 cm³/mol. The highest BCUT2D eigenvalue weighted by Gasteiger charge is 2.28. The maximum atomic E-state index is 12.5. The van der Waals surface area contributed by atoms with Gasteiger partial charge in [0.25, 0.3) is 0 Å².